The first-order valence-corrected chi connectivity index (χ1v) is 7.92. The smallest absolute Gasteiger partial charge is 0.223 e. The summed E-state index contributed by atoms with van der Waals surface area (Å²) in [4.78, 5) is 8.88. The molecule has 8 nitrogen and oxygen atoms in total. The summed E-state index contributed by atoms with van der Waals surface area (Å²) >= 11 is 0. The Labute approximate surface area is 139 Å². The van der Waals surface area contributed by atoms with Crippen LogP contribution in [0.2, 0.25) is 0 Å². The lowest BCUT2D eigenvalue weighted by Gasteiger charge is -2.10. The van der Waals surface area contributed by atoms with Crippen molar-refractivity contribution in [3.8, 4) is 17.1 Å². The largest absolute Gasteiger partial charge is 0.493 e. The first-order valence-electron chi connectivity index (χ1n) is 7.92. The van der Waals surface area contributed by atoms with Crippen LogP contribution in [0.5, 0.6) is 5.75 Å². The van der Waals surface area contributed by atoms with Crippen LogP contribution in [0.15, 0.2) is 24.5 Å². The van der Waals surface area contributed by atoms with Gasteiger partial charge >= 0.3 is 0 Å². The second-order valence-corrected chi connectivity index (χ2v) is 5.90. The molecule has 3 aromatic heterocycles. The fourth-order valence-electron chi connectivity index (χ4n) is 2.63. The lowest BCUT2D eigenvalue weighted by Crippen LogP contribution is -2.06. The van der Waals surface area contributed by atoms with Crippen molar-refractivity contribution in [2.24, 2.45) is 7.05 Å². The maximum absolute atomic E-state index is 5.37. The maximum Gasteiger partial charge on any atom is 0.223 e. The van der Waals surface area contributed by atoms with Gasteiger partial charge in [0.15, 0.2) is 5.75 Å². The minimum atomic E-state index is 0.537. The highest BCUT2D eigenvalue weighted by molar-refractivity contribution is 5.63. The number of aryl methyl sites for hydroxylation is 1. The Morgan fingerprint density at radius 3 is 3.00 bits per heavy atom. The monoisotopic (exact) mass is 325 g/mol. The Bertz CT molecular complexity index is 850. The van der Waals surface area contributed by atoms with E-state index < -0.39 is 0 Å². The molecule has 4 rings (SSSR count). The van der Waals surface area contributed by atoms with E-state index in [4.69, 9.17) is 4.74 Å². The van der Waals surface area contributed by atoms with Gasteiger partial charge in [-0.05, 0) is 25.0 Å². The van der Waals surface area contributed by atoms with Gasteiger partial charge in [0.1, 0.15) is 5.69 Å². The van der Waals surface area contributed by atoms with Gasteiger partial charge in [-0.3, -0.25) is 9.78 Å². The van der Waals surface area contributed by atoms with Crippen LogP contribution in [-0.2, 0) is 13.6 Å². The van der Waals surface area contributed by atoms with E-state index >= 15 is 0 Å². The number of aromatic nitrogens is 6. The van der Waals surface area contributed by atoms with Crippen molar-refractivity contribution in [3.05, 3.63) is 35.9 Å². The number of H-pyrrole nitrogens is 1. The third kappa shape index (κ3) is 2.82. The van der Waals surface area contributed by atoms with E-state index in [9.17, 15) is 0 Å². The van der Waals surface area contributed by atoms with Crippen LogP contribution in [-0.4, -0.2) is 37.1 Å². The van der Waals surface area contributed by atoms with Gasteiger partial charge in [0.25, 0.3) is 0 Å². The molecular formula is C16H19N7O. The molecule has 124 valence electrons. The van der Waals surface area contributed by atoms with Crippen LogP contribution < -0.4 is 10.1 Å². The molecule has 24 heavy (non-hydrogen) atoms. The van der Waals surface area contributed by atoms with Gasteiger partial charge in [-0.25, -0.2) is 9.97 Å². The third-order valence-electron chi connectivity index (χ3n) is 4.12. The third-order valence-corrected chi connectivity index (χ3v) is 4.12. The average Bonchev–Trinajstić information content (AvgIpc) is 3.19. The highest BCUT2D eigenvalue weighted by atomic mass is 16.5. The molecule has 3 heterocycles. The summed E-state index contributed by atoms with van der Waals surface area (Å²) in [5, 5.41) is 14.8. The molecule has 1 saturated carbocycles. The fourth-order valence-corrected chi connectivity index (χ4v) is 2.63. The molecule has 0 aromatic carbocycles. The normalized spacial score (nSPS) is 13.9. The predicted molar refractivity (Wildman–Crippen MR) is 88.7 cm³/mol. The van der Waals surface area contributed by atoms with Crippen LogP contribution >= 0.6 is 0 Å². The van der Waals surface area contributed by atoms with E-state index in [2.05, 4.69) is 36.6 Å². The average molecular weight is 325 g/mol. The van der Waals surface area contributed by atoms with Gasteiger partial charge < -0.3 is 10.1 Å². The van der Waals surface area contributed by atoms with E-state index in [0.717, 1.165) is 17.1 Å². The number of ether oxygens (including phenoxy) is 1. The van der Waals surface area contributed by atoms with Gasteiger partial charge in [-0.1, -0.05) is 0 Å². The van der Waals surface area contributed by atoms with Crippen LogP contribution in [0.4, 0.5) is 5.95 Å². The zero-order valence-electron chi connectivity index (χ0n) is 13.7. The molecule has 0 atom stereocenters. The van der Waals surface area contributed by atoms with Crippen molar-refractivity contribution in [2.45, 2.75) is 25.3 Å². The summed E-state index contributed by atoms with van der Waals surface area (Å²) < 4.78 is 7.12. The summed E-state index contributed by atoms with van der Waals surface area (Å²) in [5.74, 6) is 1.79. The fraction of sp³-hybridized carbons (Fsp3) is 0.375. The molecule has 0 unspecified atom stereocenters. The van der Waals surface area contributed by atoms with E-state index in [0.29, 0.717) is 29.9 Å². The van der Waals surface area contributed by atoms with E-state index in [-0.39, 0.29) is 0 Å². The first kappa shape index (κ1) is 14.7. The molecular weight excluding hydrogens is 306 g/mol. The van der Waals surface area contributed by atoms with Crippen molar-refractivity contribution < 1.29 is 4.74 Å². The summed E-state index contributed by atoms with van der Waals surface area (Å²) in [6.07, 6.45) is 5.88. The van der Waals surface area contributed by atoms with E-state index in [1.165, 1.54) is 12.8 Å². The number of nitrogens with zero attached hydrogens (tertiary/aromatic N) is 5. The predicted octanol–water partition coefficient (Wildman–Crippen LogP) is 2.10. The number of anilines is 1. The van der Waals surface area contributed by atoms with E-state index in [1.54, 1.807) is 24.2 Å². The summed E-state index contributed by atoms with van der Waals surface area (Å²) in [5.41, 5.74) is 3.75. The molecule has 2 N–H and O–H groups in total. The number of nitrogens with one attached hydrogen (secondary N) is 2. The van der Waals surface area contributed by atoms with Crippen molar-refractivity contribution in [2.75, 3.05) is 12.4 Å². The lowest BCUT2D eigenvalue weighted by atomic mass is 10.2. The van der Waals surface area contributed by atoms with Crippen molar-refractivity contribution in [3.63, 3.8) is 0 Å². The molecule has 3 aromatic rings. The summed E-state index contributed by atoms with van der Waals surface area (Å²) in [6.45, 7) is 0.594. The number of rotatable bonds is 6. The van der Waals surface area contributed by atoms with Crippen molar-refractivity contribution in [1.29, 1.82) is 0 Å². The Balaban J connectivity index is 1.53. The van der Waals surface area contributed by atoms with Gasteiger partial charge in [-0.2, -0.15) is 10.2 Å². The standard InChI is InChI=1S/C16H19N7O/c1-23-13(5-6-19-23)15-14(24-2)9-18-16(20-15)17-8-11-7-12(22-21-11)10-3-4-10/h5-7,9-10H,3-4,8H2,1-2H3,(H,21,22)(H,17,18,20). The maximum atomic E-state index is 5.37. The molecule has 0 bridgehead atoms. The SMILES string of the molecule is COc1cnc(NCc2cc(C3CC3)n[nH]2)nc1-c1ccnn1C. The zero-order valence-corrected chi connectivity index (χ0v) is 13.7. The molecule has 0 saturated heterocycles. The molecule has 1 fully saturated rings. The van der Waals surface area contributed by atoms with Crippen LogP contribution in [0.1, 0.15) is 30.1 Å². The van der Waals surface area contributed by atoms with E-state index in [1.807, 2.05) is 13.1 Å². The second-order valence-electron chi connectivity index (χ2n) is 5.90. The first-order chi connectivity index (χ1) is 11.7. The minimum Gasteiger partial charge on any atom is -0.493 e. The number of hydrogen-bond donors (Lipinski definition) is 2. The highest BCUT2D eigenvalue weighted by Gasteiger charge is 2.26. The van der Waals surface area contributed by atoms with Crippen LogP contribution in [0.3, 0.4) is 0 Å². The highest BCUT2D eigenvalue weighted by Crippen LogP contribution is 2.39. The molecule has 8 heteroatoms. The molecule has 0 radical (unpaired) electrons. The van der Waals surface area contributed by atoms with Crippen molar-refractivity contribution in [1.82, 2.24) is 29.9 Å². The summed E-state index contributed by atoms with van der Waals surface area (Å²) in [6, 6.07) is 4.00. The molecule has 0 aliphatic heterocycles. The molecule has 0 amide bonds. The number of methoxy groups -OCH3 is 1. The minimum absolute atomic E-state index is 0.537. The molecule has 1 aliphatic carbocycles. The zero-order chi connectivity index (χ0) is 16.5. The van der Waals surface area contributed by atoms with Crippen LogP contribution in [0.25, 0.3) is 11.4 Å². The Morgan fingerprint density at radius 2 is 2.29 bits per heavy atom. The van der Waals surface area contributed by atoms with Gasteiger partial charge in [0.05, 0.1) is 36.9 Å². The quantitative estimate of drug-likeness (QED) is 0.721. The van der Waals surface area contributed by atoms with Gasteiger partial charge in [-0.15, -0.1) is 0 Å². The van der Waals surface area contributed by atoms with Gasteiger partial charge in [0, 0.05) is 19.2 Å². The van der Waals surface area contributed by atoms with Gasteiger partial charge in [0.2, 0.25) is 5.95 Å². The lowest BCUT2D eigenvalue weighted by molar-refractivity contribution is 0.412. The Hall–Kier alpha value is -2.90. The van der Waals surface area contributed by atoms with Crippen LogP contribution in [0, 0.1) is 0 Å². The number of hydrogen-bond acceptors (Lipinski definition) is 6. The Morgan fingerprint density at radius 1 is 1.42 bits per heavy atom. The molecule has 0 spiro atoms. The Kier molecular flexibility index (Phi) is 3.64. The molecule has 1 aliphatic rings. The topological polar surface area (TPSA) is 93.5 Å². The summed E-state index contributed by atoms with van der Waals surface area (Å²) in [7, 11) is 3.48. The number of aromatic amines is 1. The van der Waals surface area contributed by atoms with Crippen molar-refractivity contribution >= 4 is 5.95 Å². The second kappa shape index (κ2) is 5.95.